The maximum Gasteiger partial charge on any atom is 0.573 e. The topological polar surface area (TPSA) is 91.7 Å². The molecule has 0 fully saturated rings. The van der Waals surface area contributed by atoms with Crippen molar-refractivity contribution in [2.75, 3.05) is 6.54 Å². The Morgan fingerprint density at radius 1 is 1.31 bits per heavy atom. The third kappa shape index (κ3) is 5.62. The zero-order valence-corrected chi connectivity index (χ0v) is 13.8. The minimum Gasteiger partial charge on any atom is -0.507 e. The number of hydrogen-bond acceptors (Lipinski definition) is 5. The number of phenolic OH excluding ortho intramolecular Hbond substituents is 1. The van der Waals surface area contributed by atoms with Crippen LogP contribution < -0.4 is 10.1 Å². The maximum atomic E-state index is 12.3. The van der Waals surface area contributed by atoms with E-state index in [1.165, 1.54) is 6.07 Å². The van der Waals surface area contributed by atoms with Crippen molar-refractivity contribution in [2.45, 2.75) is 26.3 Å². The molecule has 0 atom stereocenters. The third-order valence-corrected chi connectivity index (χ3v) is 3.43. The number of hydrogen-bond donors (Lipinski definition) is 3. The largest absolute Gasteiger partial charge is 0.573 e. The second-order valence-corrected chi connectivity index (χ2v) is 5.50. The number of carbonyl (C=O) groups is 1. The number of aliphatic carboxylic acids is 1. The quantitative estimate of drug-likeness (QED) is 0.753. The van der Waals surface area contributed by atoms with E-state index in [-0.39, 0.29) is 17.1 Å². The zero-order valence-electron chi connectivity index (χ0n) is 13.8. The fraction of sp³-hybridized carbons (Fsp3) is 0.294. The second-order valence-electron chi connectivity index (χ2n) is 5.50. The first-order chi connectivity index (χ1) is 12.2. The number of fused-ring (bicyclic) bond motifs is 1. The van der Waals surface area contributed by atoms with Crippen LogP contribution in [-0.4, -0.2) is 34.1 Å². The molecule has 3 N–H and O–H groups in total. The average molecular weight is 370 g/mol. The van der Waals surface area contributed by atoms with Crippen molar-refractivity contribution in [3.63, 3.8) is 0 Å². The van der Waals surface area contributed by atoms with E-state index in [9.17, 15) is 18.3 Å². The molecule has 2 aromatic rings. The summed E-state index contributed by atoms with van der Waals surface area (Å²) in [4.78, 5) is 13.3. The smallest absolute Gasteiger partial charge is 0.507 e. The summed E-state index contributed by atoms with van der Waals surface area (Å²) in [7, 11) is 0. The molecule has 3 rings (SSSR count). The van der Waals surface area contributed by atoms with Gasteiger partial charge < -0.3 is 20.3 Å². The Morgan fingerprint density at radius 2 is 2.00 bits per heavy atom. The Balaban J connectivity index is 0.000000552. The van der Waals surface area contributed by atoms with Crippen LogP contribution in [0.3, 0.4) is 0 Å². The van der Waals surface area contributed by atoms with Crippen LogP contribution in [0.5, 0.6) is 11.5 Å². The lowest BCUT2D eigenvalue weighted by molar-refractivity contribution is -0.274. The molecule has 0 aliphatic carbocycles. The van der Waals surface area contributed by atoms with Gasteiger partial charge in [0.1, 0.15) is 11.5 Å². The Bertz CT molecular complexity index is 790. The number of carboxylic acids is 1. The molecular weight excluding hydrogens is 353 g/mol. The summed E-state index contributed by atoms with van der Waals surface area (Å²) in [6, 6.07) is 5.22. The Morgan fingerprint density at radius 3 is 2.65 bits per heavy atom. The fourth-order valence-electron chi connectivity index (χ4n) is 2.44. The van der Waals surface area contributed by atoms with Gasteiger partial charge in [0, 0.05) is 49.5 Å². The first-order valence-corrected chi connectivity index (χ1v) is 7.63. The van der Waals surface area contributed by atoms with Gasteiger partial charge in [-0.1, -0.05) is 0 Å². The van der Waals surface area contributed by atoms with Crippen molar-refractivity contribution in [1.29, 1.82) is 0 Å². The van der Waals surface area contributed by atoms with E-state index >= 15 is 0 Å². The molecule has 1 aromatic heterocycles. The van der Waals surface area contributed by atoms with Crippen molar-refractivity contribution >= 4 is 5.97 Å². The van der Waals surface area contributed by atoms with E-state index < -0.39 is 12.3 Å². The number of aromatic nitrogens is 1. The standard InChI is InChI=1S/C15H13F3N2O2.C2H4O2/c16-15(17,18)22-11-1-2-14(21)12(6-11)9-5-10-7-19-4-3-13(10)20-8-9;1-2(3)4/h1-2,5-6,8,19,21H,3-4,7H2;1H3,(H,3,4). The van der Waals surface area contributed by atoms with E-state index in [4.69, 9.17) is 9.90 Å². The minimum atomic E-state index is -4.77. The van der Waals surface area contributed by atoms with E-state index in [2.05, 4.69) is 15.0 Å². The number of aromatic hydroxyl groups is 1. The Kier molecular flexibility index (Phi) is 6.04. The van der Waals surface area contributed by atoms with E-state index in [1.54, 1.807) is 6.20 Å². The molecule has 0 bridgehead atoms. The molecule has 0 saturated carbocycles. The van der Waals surface area contributed by atoms with Crippen LogP contribution in [0.2, 0.25) is 0 Å². The van der Waals surface area contributed by atoms with Crippen molar-refractivity contribution in [3.05, 3.63) is 41.7 Å². The van der Waals surface area contributed by atoms with Crippen molar-refractivity contribution in [1.82, 2.24) is 10.3 Å². The lowest BCUT2D eigenvalue weighted by Crippen LogP contribution is -2.24. The highest BCUT2D eigenvalue weighted by Crippen LogP contribution is 2.35. The number of phenols is 1. The highest BCUT2D eigenvalue weighted by molar-refractivity contribution is 5.71. The average Bonchev–Trinajstić information content (AvgIpc) is 2.54. The zero-order chi connectivity index (χ0) is 19.3. The highest BCUT2D eigenvalue weighted by Gasteiger charge is 2.31. The fourth-order valence-corrected chi connectivity index (χ4v) is 2.44. The number of ether oxygens (including phenoxy) is 1. The van der Waals surface area contributed by atoms with Crippen LogP contribution in [0.15, 0.2) is 30.5 Å². The number of rotatable bonds is 2. The molecule has 1 aliphatic rings. The predicted molar refractivity (Wildman–Crippen MR) is 86.7 cm³/mol. The Labute approximate surface area is 147 Å². The summed E-state index contributed by atoms with van der Waals surface area (Å²) < 4.78 is 40.8. The van der Waals surface area contributed by atoms with Crippen molar-refractivity contribution < 1.29 is 32.9 Å². The van der Waals surface area contributed by atoms with Gasteiger partial charge in [-0.15, -0.1) is 13.2 Å². The van der Waals surface area contributed by atoms with E-state index in [1.807, 2.05) is 6.07 Å². The van der Waals surface area contributed by atoms with Gasteiger partial charge in [-0.25, -0.2) is 0 Å². The van der Waals surface area contributed by atoms with Gasteiger partial charge >= 0.3 is 6.36 Å². The normalized spacial score (nSPS) is 13.2. The SMILES string of the molecule is CC(=O)O.Oc1ccc(OC(F)(F)F)cc1-c1cnc2c(c1)CNCC2. The summed E-state index contributed by atoms with van der Waals surface area (Å²) in [5.74, 6) is -1.34. The number of alkyl halides is 3. The second kappa shape index (κ2) is 8.05. The molecule has 26 heavy (non-hydrogen) atoms. The molecule has 0 radical (unpaired) electrons. The lowest BCUT2D eigenvalue weighted by atomic mass is 10.0. The minimum absolute atomic E-state index is 0.125. The van der Waals surface area contributed by atoms with Crippen LogP contribution in [0.1, 0.15) is 18.2 Å². The van der Waals surface area contributed by atoms with Gasteiger partial charge in [0.25, 0.3) is 5.97 Å². The predicted octanol–water partition coefficient (Wildman–Crippen LogP) is 3.09. The van der Waals surface area contributed by atoms with E-state index in [0.717, 1.165) is 43.3 Å². The summed E-state index contributed by atoms with van der Waals surface area (Å²) in [6.45, 7) is 2.58. The molecular formula is C17H17F3N2O4. The molecule has 2 heterocycles. The molecule has 6 nitrogen and oxygen atoms in total. The number of nitrogens with zero attached hydrogens (tertiary/aromatic N) is 1. The van der Waals surface area contributed by atoms with Crippen LogP contribution in [0.25, 0.3) is 11.1 Å². The van der Waals surface area contributed by atoms with Gasteiger partial charge in [-0.3, -0.25) is 9.78 Å². The first kappa shape index (κ1) is 19.5. The monoisotopic (exact) mass is 370 g/mol. The van der Waals surface area contributed by atoms with E-state index in [0.29, 0.717) is 12.1 Å². The number of halogens is 3. The maximum absolute atomic E-state index is 12.3. The summed E-state index contributed by atoms with van der Waals surface area (Å²) in [5.41, 5.74) is 2.74. The van der Waals surface area contributed by atoms with Crippen LogP contribution in [0.4, 0.5) is 13.2 Å². The van der Waals surface area contributed by atoms with Gasteiger partial charge in [0.05, 0.1) is 0 Å². The van der Waals surface area contributed by atoms with Crippen LogP contribution in [-0.2, 0) is 17.8 Å². The number of nitrogens with one attached hydrogen (secondary N) is 1. The van der Waals surface area contributed by atoms with Gasteiger partial charge in [0.2, 0.25) is 0 Å². The molecule has 0 unspecified atom stereocenters. The van der Waals surface area contributed by atoms with Crippen LogP contribution >= 0.6 is 0 Å². The molecule has 0 saturated heterocycles. The summed E-state index contributed by atoms with van der Waals surface area (Å²) in [6.07, 6.45) is -2.42. The molecule has 140 valence electrons. The number of carboxylic acid groups (broad SMARTS) is 1. The van der Waals surface area contributed by atoms with Crippen molar-refractivity contribution in [2.24, 2.45) is 0 Å². The number of pyridine rings is 1. The first-order valence-electron chi connectivity index (χ1n) is 7.63. The van der Waals surface area contributed by atoms with Crippen molar-refractivity contribution in [3.8, 4) is 22.6 Å². The van der Waals surface area contributed by atoms with Gasteiger partial charge in [-0.2, -0.15) is 0 Å². The third-order valence-electron chi connectivity index (χ3n) is 3.43. The van der Waals surface area contributed by atoms with Crippen LogP contribution in [0, 0.1) is 0 Å². The summed E-state index contributed by atoms with van der Waals surface area (Å²) >= 11 is 0. The highest BCUT2D eigenvalue weighted by atomic mass is 19.4. The Hall–Kier alpha value is -2.81. The van der Waals surface area contributed by atoms with Gasteiger partial charge in [0.15, 0.2) is 0 Å². The molecule has 1 aromatic carbocycles. The lowest BCUT2D eigenvalue weighted by Gasteiger charge is -2.17. The molecule has 1 aliphatic heterocycles. The molecule has 9 heteroatoms. The van der Waals surface area contributed by atoms with Gasteiger partial charge in [-0.05, 0) is 29.8 Å². The molecule has 0 amide bonds. The summed E-state index contributed by atoms with van der Waals surface area (Å²) in [5, 5.41) is 20.5. The number of benzene rings is 1. The molecule has 0 spiro atoms.